The van der Waals surface area contributed by atoms with Gasteiger partial charge in [-0.2, -0.15) is 0 Å². The molecule has 0 unspecified atom stereocenters. The zero-order valence-corrected chi connectivity index (χ0v) is 19.2. The lowest BCUT2D eigenvalue weighted by atomic mass is 9.90. The van der Waals surface area contributed by atoms with Gasteiger partial charge in [0.25, 0.3) is 0 Å². The first-order chi connectivity index (χ1) is 16.3. The van der Waals surface area contributed by atoms with Crippen LogP contribution in [0.25, 0.3) is 0 Å². The van der Waals surface area contributed by atoms with Crippen LogP contribution in [0.2, 0.25) is 5.02 Å². The van der Waals surface area contributed by atoms with Gasteiger partial charge in [0.05, 0.1) is 11.4 Å². The quantitative estimate of drug-likeness (QED) is 0.555. The van der Waals surface area contributed by atoms with E-state index < -0.39 is 29.3 Å². The third-order valence-electron chi connectivity index (χ3n) is 6.37. The maximum absolute atomic E-state index is 15.0. The molecule has 0 N–H and O–H groups in total. The van der Waals surface area contributed by atoms with Crippen molar-refractivity contribution in [3.05, 3.63) is 58.4 Å². The molecule has 0 bridgehead atoms. The van der Waals surface area contributed by atoms with Crippen molar-refractivity contribution in [2.24, 2.45) is 5.92 Å². The number of piperidine rings is 2. The molecule has 180 valence electrons. The van der Waals surface area contributed by atoms with Crippen molar-refractivity contribution in [3.8, 4) is 0 Å². The van der Waals surface area contributed by atoms with Gasteiger partial charge in [-0.1, -0.05) is 17.7 Å². The molecule has 2 heterocycles. The molecule has 2 aliphatic rings. The smallest absolute Gasteiger partial charge is 0.230 e. The lowest BCUT2D eigenvalue weighted by Crippen LogP contribution is -2.43. The number of nitrogens with zero attached hydrogens (tertiary/aromatic N) is 2. The third kappa shape index (κ3) is 4.97. The molecule has 2 aromatic rings. The standard InChI is InChI=1S/C25H24ClF3N2O3/c26-17-7-6-15(19(27)14-17)12-18(32)13-16-4-3-11-31(25(16)34)21-9-8-20(23(28)24(21)29)30-10-2-1-5-22(30)33/h6-9,14,16H,1-5,10-13H2/t16-/m0/s1. The highest BCUT2D eigenvalue weighted by Crippen LogP contribution is 2.34. The summed E-state index contributed by atoms with van der Waals surface area (Å²) in [4.78, 5) is 40.1. The lowest BCUT2D eigenvalue weighted by Gasteiger charge is -2.33. The van der Waals surface area contributed by atoms with Crippen LogP contribution in [0.5, 0.6) is 0 Å². The van der Waals surface area contributed by atoms with Crippen molar-refractivity contribution in [2.75, 3.05) is 22.9 Å². The molecule has 1 atom stereocenters. The summed E-state index contributed by atoms with van der Waals surface area (Å²) in [5, 5.41) is 0.219. The summed E-state index contributed by atoms with van der Waals surface area (Å²) in [7, 11) is 0. The minimum absolute atomic E-state index is 0.123. The fourth-order valence-corrected chi connectivity index (χ4v) is 4.77. The Bertz CT molecular complexity index is 1140. The molecule has 2 aromatic carbocycles. The van der Waals surface area contributed by atoms with E-state index in [-0.39, 0.29) is 59.5 Å². The molecule has 2 saturated heterocycles. The molecule has 0 saturated carbocycles. The molecule has 2 fully saturated rings. The van der Waals surface area contributed by atoms with Gasteiger partial charge in [0.2, 0.25) is 11.8 Å². The molecule has 0 radical (unpaired) electrons. The van der Waals surface area contributed by atoms with E-state index in [1.807, 2.05) is 0 Å². The van der Waals surface area contributed by atoms with Crippen molar-refractivity contribution < 1.29 is 27.6 Å². The lowest BCUT2D eigenvalue weighted by molar-refractivity contribution is -0.128. The van der Waals surface area contributed by atoms with E-state index in [1.165, 1.54) is 29.2 Å². The molecule has 5 nitrogen and oxygen atoms in total. The van der Waals surface area contributed by atoms with Crippen LogP contribution in [-0.4, -0.2) is 30.7 Å². The van der Waals surface area contributed by atoms with Crippen molar-refractivity contribution >= 4 is 40.6 Å². The maximum Gasteiger partial charge on any atom is 0.230 e. The Balaban J connectivity index is 1.48. The van der Waals surface area contributed by atoms with E-state index in [4.69, 9.17) is 11.6 Å². The maximum atomic E-state index is 15.0. The predicted octanol–water partition coefficient (Wildman–Crippen LogP) is 5.22. The molecular formula is C25H24ClF3N2O3. The second kappa shape index (κ2) is 10.2. The monoisotopic (exact) mass is 492 g/mol. The molecular weight excluding hydrogens is 469 g/mol. The van der Waals surface area contributed by atoms with Crippen LogP contribution in [0, 0.1) is 23.4 Å². The van der Waals surface area contributed by atoms with Crippen molar-refractivity contribution in [3.63, 3.8) is 0 Å². The van der Waals surface area contributed by atoms with E-state index >= 15 is 4.39 Å². The molecule has 0 aromatic heterocycles. The SMILES string of the molecule is O=C(Cc1ccc(Cl)cc1F)C[C@@H]1CCCN(c2ccc(N3CCCCC3=O)c(F)c2F)C1=O. The summed E-state index contributed by atoms with van der Waals surface area (Å²) in [6, 6.07) is 6.66. The van der Waals surface area contributed by atoms with E-state index in [0.29, 0.717) is 32.2 Å². The van der Waals surface area contributed by atoms with Crippen LogP contribution in [-0.2, 0) is 20.8 Å². The first-order valence-corrected chi connectivity index (χ1v) is 11.7. The number of carbonyl (C=O) groups excluding carboxylic acids is 3. The van der Waals surface area contributed by atoms with Crippen LogP contribution >= 0.6 is 11.6 Å². The average Bonchev–Trinajstić information content (AvgIpc) is 2.80. The van der Waals surface area contributed by atoms with Crippen LogP contribution in [0.15, 0.2) is 30.3 Å². The van der Waals surface area contributed by atoms with Crippen molar-refractivity contribution in [2.45, 2.75) is 44.9 Å². The summed E-state index contributed by atoms with van der Waals surface area (Å²) in [6.45, 7) is 0.503. The van der Waals surface area contributed by atoms with Gasteiger partial charge in [0, 0.05) is 43.3 Å². The zero-order chi connectivity index (χ0) is 24.4. The Morgan fingerprint density at radius 1 is 0.941 bits per heavy atom. The summed E-state index contributed by atoms with van der Waals surface area (Å²) >= 11 is 5.74. The second-order valence-corrected chi connectivity index (χ2v) is 9.16. The minimum Gasteiger partial charge on any atom is -0.310 e. The fourth-order valence-electron chi connectivity index (χ4n) is 4.61. The number of hydrogen-bond acceptors (Lipinski definition) is 3. The first-order valence-electron chi connectivity index (χ1n) is 11.3. The van der Waals surface area contributed by atoms with Crippen LogP contribution < -0.4 is 9.80 Å². The van der Waals surface area contributed by atoms with Gasteiger partial charge in [0.1, 0.15) is 11.6 Å². The number of ketones is 1. The van der Waals surface area contributed by atoms with Crippen LogP contribution in [0.1, 0.15) is 44.1 Å². The van der Waals surface area contributed by atoms with E-state index in [1.54, 1.807) is 0 Å². The highest BCUT2D eigenvalue weighted by atomic mass is 35.5. The normalized spacial score (nSPS) is 19.0. The molecule has 34 heavy (non-hydrogen) atoms. The number of rotatable bonds is 6. The van der Waals surface area contributed by atoms with Gasteiger partial charge >= 0.3 is 0 Å². The Kier molecular flexibility index (Phi) is 7.26. The zero-order valence-electron chi connectivity index (χ0n) is 18.5. The van der Waals surface area contributed by atoms with Crippen LogP contribution in [0.3, 0.4) is 0 Å². The number of Topliss-reactive ketones (excluding diaryl/α,β-unsaturated/α-hetero) is 1. The van der Waals surface area contributed by atoms with Gasteiger partial charge in [-0.3, -0.25) is 14.4 Å². The molecule has 0 aliphatic carbocycles. The number of hydrogen-bond donors (Lipinski definition) is 0. The number of anilines is 2. The number of amides is 2. The van der Waals surface area contributed by atoms with E-state index in [2.05, 4.69) is 0 Å². The predicted molar refractivity (Wildman–Crippen MR) is 122 cm³/mol. The summed E-state index contributed by atoms with van der Waals surface area (Å²) in [5.74, 6) is -4.73. The average molecular weight is 493 g/mol. The number of halogens is 4. The molecule has 2 amide bonds. The number of benzene rings is 2. The van der Waals surface area contributed by atoms with E-state index in [0.717, 1.165) is 11.0 Å². The van der Waals surface area contributed by atoms with Gasteiger partial charge < -0.3 is 9.80 Å². The highest BCUT2D eigenvalue weighted by molar-refractivity contribution is 6.30. The van der Waals surface area contributed by atoms with Gasteiger partial charge in [-0.15, -0.1) is 0 Å². The minimum atomic E-state index is -1.19. The summed E-state index contributed by atoms with van der Waals surface area (Å²) in [6.07, 6.45) is 2.32. The highest BCUT2D eigenvalue weighted by Gasteiger charge is 2.34. The van der Waals surface area contributed by atoms with Gasteiger partial charge in [-0.25, -0.2) is 13.2 Å². The number of carbonyl (C=O) groups is 3. The summed E-state index contributed by atoms with van der Waals surface area (Å²) in [5.41, 5.74) is -0.158. The Morgan fingerprint density at radius 3 is 2.29 bits per heavy atom. The third-order valence-corrected chi connectivity index (χ3v) is 6.61. The van der Waals surface area contributed by atoms with E-state index in [9.17, 15) is 23.2 Å². The van der Waals surface area contributed by atoms with Crippen molar-refractivity contribution in [1.29, 1.82) is 0 Å². The first kappa shape index (κ1) is 24.3. The second-order valence-electron chi connectivity index (χ2n) is 8.72. The van der Waals surface area contributed by atoms with Gasteiger partial charge in [0.15, 0.2) is 11.6 Å². The molecule has 4 rings (SSSR count). The topological polar surface area (TPSA) is 57.7 Å². The fraction of sp³-hybridized carbons (Fsp3) is 0.400. The Morgan fingerprint density at radius 2 is 1.62 bits per heavy atom. The molecule has 2 aliphatic heterocycles. The summed E-state index contributed by atoms with van der Waals surface area (Å²) < 4.78 is 44.0. The molecule has 9 heteroatoms. The van der Waals surface area contributed by atoms with Gasteiger partial charge in [-0.05, 0) is 55.5 Å². The van der Waals surface area contributed by atoms with Crippen LogP contribution in [0.4, 0.5) is 24.5 Å². The largest absolute Gasteiger partial charge is 0.310 e. The van der Waals surface area contributed by atoms with Crippen molar-refractivity contribution in [1.82, 2.24) is 0 Å². The Hall–Kier alpha value is -2.87. The Labute approximate surface area is 200 Å². The molecule has 0 spiro atoms.